The normalized spacial score (nSPS) is 35.6. The third-order valence-electron chi connectivity index (χ3n) is 3.66. The van der Waals surface area contributed by atoms with Crippen LogP contribution in [0.2, 0.25) is 0 Å². The van der Waals surface area contributed by atoms with Gasteiger partial charge in [-0.1, -0.05) is 0 Å². The Morgan fingerprint density at radius 1 is 1.00 bits per heavy atom. The highest BCUT2D eigenvalue weighted by atomic mass is 16.5. The molecular formula is C11H21NO2. The van der Waals surface area contributed by atoms with E-state index in [1.807, 2.05) is 7.11 Å². The summed E-state index contributed by atoms with van der Waals surface area (Å²) in [6, 6.07) is 0.750. The molecule has 2 aliphatic rings. The Morgan fingerprint density at radius 2 is 1.71 bits per heavy atom. The Hall–Kier alpha value is -0.120. The minimum absolute atomic E-state index is 0.484. The molecule has 1 saturated heterocycles. The maximum atomic E-state index is 5.44. The fraction of sp³-hybridized carbons (Fsp3) is 1.00. The molecule has 0 radical (unpaired) electrons. The van der Waals surface area contributed by atoms with Crippen LogP contribution in [0.3, 0.4) is 0 Å². The molecule has 2 atom stereocenters. The molecule has 2 fully saturated rings. The summed E-state index contributed by atoms with van der Waals surface area (Å²) >= 11 is 0. The highest BCUT2D eigenvalue weighted by molar-refractivity contribution is 4.89. The predicted molar refractivity (Wildman–Crippen MR) is 55.4 cm³/mol. The molecule has 0 spiro atoms. The van der Waals surface area contributed by atoms with Gasteiger partial charge in [-0.3, -0.25) is 4.90 Å². The van der Waals surface area contributed by atoms with Crippen molar-refractivity contribution >= 4 is 0 Å². The van der Waals surface area contributed by atoms with Crippen LogP contribution in [-0.2, 0) is 9.47 Å². The number of ether oxygens (including phenoxy) is 2. The van der Waals surface area contributed by atoms with Gasteiger partial charge in [0.25, 0.3) is 0 Å². The Labute approximate surface area is 86.4 Å². The molecular weight excluding hydrogens is 178 g/mol. The molecule has 3 heteroatoms. The highest BCUT2D eigenvalue weighted by Crippen LogP contribution is 2.28. The molecule has 82 valence electrons. The van der Waals surface area contributed by atoms with Crippen LogP contribution in [0, 0.1) is 0 Å². The van der Waals surface area contributed by atoms with Gasteiger partial charge in [0, 0.05) is 33.4 Å². The van der Waals surface area contributed by atoms with E-state index in [4.69, 9.17) is 9.47 Å². The smallest absolute Gasteiger partial charge is 0.0825 e. The Bertz CT molecular complexity index is 180. The molecule has 1 aliphatic heterocycles. The first-order valence-corrected chi connectivity index (χ1v) is 5.63. The van der Waals surface area contributed by atoms with E-state index in [0.717, 1.165) is 19.1 Å². The van der Waals surface area contributed by atoms with Gasteiger partial charge < -0.3 is 9.47 Å². The van der Waals surface area contributed by atoms with Crippen LogP contribution in [0.25, 0.3) is 0 Å². The van der Waals surface area contributed by atoms with Gasteiger partial charge in [0.2, 0.25) is 0 Å². The maximum absolute atomic E-state index is 5.44. The third kappa shape index (κ3) is 2.10. The second-order valence-electron chi connectivity index (χ2n) is 4.49. The fourth-order valence-electron chi connectivity index (χ4n) is 2.58. The molecule has 0 aromatic rings. The molecule has 0 N–H and O–H groups in total. The molecule has 0 aromatic heterocycles. The number of methoxy groups -OCH3 is 2. The minimum Gasteiger partial charge on any atom is -0.381 e. The first-order valence-electron chi connectivity index (χ1n) is 5.63. The minimum atomic E-state index is 0.484. The lowest BCUT2D eigenvalue weighted by molar-refractivity contribution is -0.0715. The summed E-state index contributed by atoms with van der Waals surface area (Å²) in [5, 5.41) is 0. The highest BCUT2D eigenvalue weighted by Gasteiger charge is 2.34. The third-order valence-corrected chi connectivity index (χ3v) is 3.66. The van der Waals surface area contributed by atoms with Gasteiger partial charge in [-0.2, -0.15) is 0 Å². The Balaban J connectivity index is 1.75. The summed E-state index contributed by atoms with van der Waals surface area (Å²) in [6.07, 6.45) is 6.10. The van der Waals surface area contributed by atoms with E-state index < -0.39 is 0 Å². The average molecular weight is 199 g/mol. The standard InChI is InChI=1S/C11H21NO2/c1-13-10-5-3-4-9(6-10)12-7-11(8-12)14-2/h9-11H,3-8H2,1-2H3. The van der Waals surface area contributed by atoms with E-state index in [1.165, 1.54) is 25.7 Å². The lowest BCUT2D eigenvalue weighted by Gasteiger charge is -2.46. The molecule has 1 saturated carbocycles. The van der Waals surface area contributed by atoms with Crippen molar-refractivity contribution in [3.8, 4) is 0 Å². The number of hydrogen-bond donors (Lipinski definition) is 0. The van der Waals surface area contributed by atoms with Crippen molar-refractivity contribution in [1.82, 2.24) is 4.90 Å². The summed E-state index contributed by atoms with van der Waals surface area (Å²) in [7, 11) is 3.64. The topological polar surface area (TPSA) is 21.7 Å². The zero-order valence-corrected chi connectivity index (χ0v) is 9.24. The van der Waals surface area contributed by atoms with Crippen molar-refractivity contribution < 1.29 is 9.47 Å². The SMILES string of the molecule is COC1CCCC(N2CC(OC)C2)C1. The first kappa shape index (κ1) is 10.4. The van der Waals surface area contributed by atoms with Gasteiger partial charge >= 0.3 is 0 Å². The lowest BCUT2D eigenvalue weighted by Crippen LogP contribution is -2.57. The van der Waals surface area contributed by atoms with Gasteiger partial charge in [0.15, 0.2) is 0 Å². The van der Waals surface area contributed by atoms with Gasteiger partial charge in [0.1, 0.15) is 0 Å². The molecule has 0 bridgehead atoms. The van der Waals surface area contributed by atoms with Crippen LogP contribution >= 0.6 is 0 Å². The lowest BCUT2D eigenvalue weighted by atomic mass is 9.89. The first-order chi connectivity index (χ1) is 6.83. The van der Waals surface area contributed by atoms with Crippen molar-refractivity contribution in [2.75, 3.05) is 27.3 Å². The molecule has 0 aromatic carbocycles. The Kier molecular flexibility index (Phi) is 3.42. The van der Waals surface area contributed by atoms with Crippen molar-refractivity contribution in [2.24, 2.45) is 0 Å². The monoisotopic (exact) mass is 199 g/mol. The van der Waals surface area contributed by atoms with Gasteiger partial charge in [-0.25, -0.2) is 0 Å². The number of hydrogen-bond acceptors (Lipinski definition) is 3. The van der Waals surface area contributed by atoms with Crippen molar-refractivity contribution in [1.29, 1.82) is 0 Å². The van der Waals surface area contributed by atoms with Crippen molar-refractivity contribution in [3.63, 3.8) is 0 Å². The van der Waals surface area contributed by atoms with Gasteiger partial charge in [0.05, 0.1) is 12.2 Å². The van der Waals surface area contributed by atoms with Crippen LogP contribution in [-0.4, -0.2) is 50.5 Å². The Morgan fingerprint density at radius 3 is 2.36 bits per heavy atom. The molecule has 2 unspecified atom stereocenters. The van der Waals surface area contributed by atoms with E-state index in [-0.39, 0.29) is 0 Å². The van der Waals surface area contributed by atoms with Crippen LogP contribution < -0.4 is 0 Å². The molecule has 0 amide bonds. The summed E-state index contributed by atoms with van der Waals surface area (Å²) in [5.41, 5.74) is 0. The summed E-state index contributed by atoms with van der Waals surface area (Å²) < 4.78 is 10.7. The van der Waals surface area contributed by atoms with E-state index >= 15 is 0 Å². The van der Waals surface area contributed by atoms with Crippen molar-refractivity contribution in [3.05, 3.63) is 0 Å². The second kappa shape index (κ2) is 4.60. The van der Waals surface area contributed by atoms with Gasteiger partial charge in [-0.05, 0) is 25.7 Å². The maximum Gasteiger partial charge on any atom is 0.0825 e. The van der Waals surface area contributed by atoms with E-state index in [1.54, 1.807) is 7.11 Å². The number of rotatable bonds is 3. The number of nitrogens with zero attached hydrogens (tertiary/aromatic N) is 1. The predicted octanol–water partition coefficient (Wildman–Crippen LogP) is 1.27. The molecule has 1 aliphatic carbocycles. The van der Waals surface area contributed by atoms with Crippen LogP contribution in [0.4, 0.5) is 0 Å². The summed E-state index contributed by atoms with van der Waals surface area (Å²) in [5.74, 6) is 0. The van der Waals surface area contributed by atoms with Crippen LogP contribution in [0.1, 0.15) is 25.7 Å². The second-order valence-corrected chi connectivity index (χ2v) is 4.49. The van der Waals surface area contributed by atoms with Gasteiger partial charge in [-0.15, -0.1) is 0 Å². The van der Waals surface area contributed by atoms with E-state index in [9.17, 15) is 0 Å². The molecule has 1 heterocycles. The summed E-state index contributed by atoms with van der Waals surface area (Å²) in [6.45, 7) is 2.25. The molecule has 3 nitrogen and oxygen atoms in total. The van der Waals surface area contributed by atoms with Crippen molar-refractivity contribution in [2.45, 2.75) is 43.9 Å². The molecule has 14 heavy (non-hydrogen) atoms. The quantitative estimate of drug-likeness (QED) is 0.683. The zero-order valence-electron chi connectivity index (χ0n) is 9.24. The molecule has 2 rings (SSSR count). The van der Waals surface area contributed by atoms with E-state index in [2.05, 4.69) is 4.90 Å². The zero-order chi connectivity index (χ0) is 9.97. The van der Waals surface area contributed by atoms with E-state index in [0.29, 0.717) is 12.2 Å². The van der Waals surface area contributed by atoms with Crippen LogP contribution in [0.15, 0.2) is 0 Å². The number of likely N-dealkylation sites (tertiary alicyclic amines) is 1. The fourth-order valence-corrected chi connectivity index (χ4v) is 2.58. The largest absolute Gasteiger partial charge is 0.381 e. The summed E-state index contributed by atoms with van der Waals surface area (Å²) in [4.78, 5) is 2.54. The average Bonchev–Trinajstić information content (AvgIpc) is 2.17. The van der Waals surface area contributed by atoms with Crippen LogP contribution in [0.5, 0.6) is 0 Å².